The number of nitrogens with zero attached hydrogens (tertiary/aromatic N) is 3. The standard InChI is InChI=1S/C33H34N4O6S/c1-25(2)34-33(39)31(22-26-12-6-3-7-13-26)35(23-27-14-8-4-9-15-27)32(38)24-36(28-18-20-29(21-19-28)37(40)41)44(42,43)30-16-10-5-11-17-30/h3-21,25,31H,22-24H2,1-2H3,(H,34,39)/t31-/m0/s1. The molecule has 10 nitrogen and oxygen atoms in total. The van der Waals surface area contributed by atoms with E-state index in [4.69, 9.17) is 0 Å². The van der Waals surface area contributed by atoms with Crippen molar-refractivity contribution in [2.75, 3.05) is 10.8 Å². The second-order valence-corrected chi connectivity index (χ2v) is 12.3. The maximum absolute atomic E-state index is 14.3. The van der Waals surface area contributed by atoms with Crippen molar-refractivity contribution in [2.45, 2.75) is 43.8 Å². The Hall–Kier alpha value is -5.03. The van der Waals surface area contributed by atoms with E-state index in [-0.39, 0.29) is 41.2 Å². The van der Waals surface area contributed by atoms with Gasteiger partial charge in [-0.25, -0.2) is 8.42 Å². The first-order valence-electron chi connectivity index (χ1n) is 14.1. The lowest BCUT2D eigenvalue weighted by molar-refractivity contribution is -0.384. The summed E-state index contributed by atoms with van der Waals surface area (Å²) in [4.78, 5) is 40.0. The first-order chi connectivity index (χ1) is 21.1. The van der Waals surface area contributed by atoms with Gasteiger partial charge in [0.2, 0.25) is 11.8 Å². The lowest BCUT2D eigenvalue weighted by Gasteiger charge is -2.34. The number of nitrogens with one attached hydrogen (secondary N) is 1. The summed E-state index contributed by atoms with van der Waals surface area (Å²) < 4.78 is 28.8. The number of carbonyl (C=O) groups is 2. The van der Waals surface area contributed by atoms with Crippen molar-refractivity contribution in [3.8, 4) is 0 Å². The first kappa shape index (κ1) is 31.9. The zero-order valence-corrected chi connectivity index (χ0v) is 25.3. The molecule has 0 aliphatic carbocycles. The number of nitro benzene ring substituents is 1. The molecule has 44 heavy (non-hydrogen) atoms. The van der Waals surface area contributed by atoms with E-state index in [1.54, 1.807) is 18.2 Å². The summed E-state index contributed by atoms with van der Waals surface area (Å²) in [5, 5.41) is 14.2. The SMILES string of the molecule is CC(C)NC(=O)[C@H](Cc1ccccc1)N(Cc1ccccc1)C(=O)CN(c1ccc([N+](=O)[O-])cc1)S(=O)(=O)c1ccccc1. The normalized spacial score (nSPS) is 11.9. The van der Waals surface area contributed by atoms with Gasteiger partial charge in [-0.2, -0.15) is 0 Å². The number of benzene rings is 4. The molecule has 4 aromatic rings. The maximum Gasteiger partial charge on any atom is 0.269 e. The predicted molar refractivity (Wildman–Crippen MR) is 168 cm³/mol. The van der Waals surface area contributed by atoms with Crippen LogP contribution in [0.5, 0.6) is 0 Å². The Morgan fingerprint density at radius 1 is 0.795 bits per heavy atom. The summed E-state index contributed by atoms with van der Waals surface area (Å²) in [6.45, 7) is 3.04. The van der Waals surface area contributed by atoms with E-state index in [0.717, 1.165) is 15.4 Å². The van der Waals surface area contributed by atoms with Gasteiger partial charge in [0.1, 0.15) is 12.6 Å². The van der Waals surface area contributed by atoms with Crippen molar-refractivity contribution in [2.24, 2.45) is 0 Å². The smallest absolute Gasteiger partial charge is 0.269 e. The molecule has 1 atom stereocenters. The van der Waals surface area contributed by atoms with E-state index in [1.165, 1.54) is 41.3 Å². The van der Waals surface area contributed by atoms with Gasteiger partial charge in [-0.05, 0) is 49.2 Å². The summed E-state index contributed by atoms with van der Waals surface area (Å²) in [5.41, 5.74) is 1.42. The van der Waals surface area contributed by atoms with E-state index in [0.29, 0.717) is 0 Å². The molecule has 0 unspecified atom stereocenters. The number of carbonyl (C=O) groups excluding carboxylic acids is 2. The number of nitro groups is 1. The largest absolute Gasteiger partial charge is 0.352 e. The average Bonchev–Trinajstić information content (AvgIpc) is 3.02. The van der Waals surface area contributed by atoms with Gasteiger partial charge in [0, 0.05) is 31.1 Å². The van der Waals surface area contributed by atoms with Crippen molar-refractivity contribution in [3.05, 3.63) is 137 Å². The number of non-ortho nitro benzene ring substituents is 1. The summed E-state index contributed by atoms with van der Waals surface area (Å²) in [7, 11) is -4.30. The first-order valence-corrected chi connectivity index (χ1v) is 15.5. The van der Waals surface area contributed by atoms with Crippen LogP contribution in [-0.2, 0) is 32.6 Å². The predicted octanol–water partition coefficient (Wildman–Crippen LogP) is 4.95. The fourth-order valence-corrected chi connectivity index (χ4v) is 6.14. The second-order valence-electron chi connectivity index (χ2n) is 10.5. The zero-order chi connectivity index (χ0) is 31.7. The van der Waals surface area contributed by atoms with E-state index in [1.807, 2.05) is 74.5 Å². The highest BCUT2D eigenvalue weighted by Crippen LogP contribution is 2.27. The van der Waals surface area contributed by atoms with Crippen LogP contribution < -0.4 is 9.62 Å². The Labute approximate surface area is 257 Å². The van der Waals surface area contributed by atoms with Gasteiger partial charge in [-0.1, -0.05) is 78.9 Å². The second kappa shape index (κ2) is 14.4. The van der Waals surface area contributed by atoms with E-state index >= 15 is 0 Å². The van der Waals surface area contributed by atoms with Gasteiger partial charge < -0.3 is 10.2 Å². The minimum atomic E-state index is -4.30. The Balaban J connectivity index is 1.79. The molecule has 0 aromatic heterocycles. The molecule has 0 aliphatic heterocycles. The topological polar surface area (TPSA) is 130 Å². The number of hydrogen-bond acceptors (Lipinski definition) is 6. The number of hydrogen-bond donors (Lipinski definition) is 1. The quantitative estimate of drug-likeness (QED) is 0.168. The fourth-order valence-electron chi connectivity index (χ4n) is 4.70. The third-order valence-electron chi connectivity index (χ3n) is 6.86. The highest BCUT2D eigenvalue weighted by atomic mass is 32.2. The molecule has 0 aliphatic rings. The Bertz CT molecular complexity index is 1670. The van der Waals surface area contributed by atoms with E-state index in [2.05, 4.69) is 5.32 Å². The molecule has 0 spiro atoms. The summed E-state index contributed by atoms with van der Waals surface area (Å²) in [5.74, 6) is -0.993. The number of sulfonamides is 1. The van der Waals surface area contributed by atoms with Gasteiger partial charge in [-0.15, -0.1) is 0 Å². The van der Waals surface area contributed by atoms with Crippen molar-refractivity contribution < 1.29 is 22.9 Å². The molecule has 0 radical (unpaired) electrons. The number of rotatable bonds is 13. The Morgan fingerprint density at radius 3 is 1.84 bits per heavy atom. The third kappa shape index (κ3) is 8.07. The van der Waals surface area contributed by atoms with Gasteiger partial charge in [0.15, 0.2) is 0 Å². The van der Waals surface area contributed by atoms with Gasteiger partial charge in [0.05, 0.1) is 15.5 Å². The lowest BCUT2D eigenvalue weighted by Crippen LogP contribution is -2.54. The van der Waals surface area contributed by atoms with Crippen LogP contribution in [0.15, 0.2) is 120 Å². The molecule has 4 aromatic carbocycles. The highest BCUT2D eigenvalue weighted by Gasteiger charge is 2.35. The van der Waals surface area contributed by atoms with Gasteiger partial charge in [-0.3, -0.25) is 24.0 Å². The number of anilines is 1. The minimum absolute atomic E-state index is 0.0438. The number of amides is 2. The van der Waals surface area contributed by atoms with Crippen LogP contribution in [0.4, 0.5) is 11.4 Å². The molecule has 0 saturated carbocycles. The summed E-state index contributed by atoms with van der Waals surface area (Å²) >= 11 is 0. The van der Waals surface area contributed by atoms with Crippen LogP contribution in [0.2, 0.25) is 0 Å². The van der Waals surface area contributed by atoms with Crippen molar-refractivity contribution >= 4 is 33.2 Å². The summed E-state index contributed by atoms with van der Waals surface area (Å²) in [6, 6.07) is 29.8. The summed E-state index contributed by atoms with van der Waals surface area (Å²) in [6.07, 6.45) is 0.195. The molecule has 0 fully saturated rings. The molecule has 2 amide bonds. The monoisotopic (exact) mass is 614 g/mol. The average molecular weight is 615 g/mol. The van der Waals surface area contributed by atoms with Crippen molar-refractivity contribution in [1.29, 1.82) is 0 Å². The van der Waals surface area contributed by atoms with Crippen molar-refractivity contribution in [3.63, 3.8) is 0 Å². The van der Waals surface area contributed by atoms with Gasteiger partial charge >= 0.3 is 0 Å². The molecule has 228 valence electrons. The molecule has 4 rings (SSSR count). The third-order valence-corrected chi connectivity index (χ3v) is 8.64. The lowest BCUT2D eigenvalue weighted by atomic mass is 10.0. The van der Waals surface area contributed by atoms with Crippen LogP contribution in [0.1, 0.15) is 25.0 Å². The molecule has 1 N–H and O–H groups in total. The van der Waals surface area contributed by atoms with Crippen LogP contribution in [0.3, 0.4) is 0 Å². The maximum atomic E-state index is 14.3. The minimum Gasteiger partial charge on any atom is -0.352 e. The zero-order valence-electron chi connectivity index (χ0n) is 24.4. The van der Waals surface area contributed by atoms with Crippen LogP contribution in [0, 0.1) is 10.1 Å². The molecular weight excluding hydrogens is 580 g/mol. The van der Waals surface area contributed by atoms with Gasteiger partial charge in [0.25, 0.3) is 15.7 Å². The van der Waals surface area contributed by atoms with Crippen molar-refractivity contribution in [1.82, 2.24) is 10.2 Å². The van der Waals surface area contributed by atoms with E-state index in [9.17, 15) is 28.1 Å². The molecular formula is C33H34N4O6S. The fraction of sp³-hybridized carbons (Fsp3) is 0.212. The van der Waals surface area contributed by atoms with Crippen LogP contribution in [0.25, 0.3) is 0 Å². The molecule has 0 bridgehead atoms. The van der Waals surface area contributed by atoms with E-state index < -0.39 is 33.4 Å². The van der Waals surface area contributed by atoms with Crippen LogP contribution in [-0.4, -0.2) is 48.7 Å². The molecule has 0 saturated heterocycles. The highest BCUT2D eigenvalue weighted by molar-refractivity contribution is 7.92. The van der Waals surface area contributed by atoms with Crippen LogP contribution >= 0.6 is 0 Å². The molecule has 0 heterocycles. The Morgan fingerprint density at radius 2 is 1.32 bits per heavy atom. The molecule has 11 heteroatoms. The Kier molecular flexibility index (Phi) is 10.5.